The zero-order chi connectivity index (χ0) is 17.2. The van der Waals surface area contributed by atoms with Gasteiger partial charge in [0.05, 0.1) is 5.41 Å². The normalized spacial score (nSPS) is 15.6. The highest BCUT2D eigenvalue weighted by Crippen LogP contribution is 2.31. The van der Waals surface area contributed by atoms with E-state index < -0.39 is 0 Å². The maximum absolute atomic E-state index is 13.1. The van der Waals surface area contributed by atoms with E-state index >= 15 is 0 Å². The summed E-state index contributed by atoms with van der Waals surface area (Å²) < 4.78 is 0. The molecule has 0 bridgehead atoms. The molecule has 0 atom stereocenters. The Balaban J connectivity index is 1.73. The first-order valence-corrected chi connectivity index (χ1v) is 8.70. The van der Waals surface area contributed by atoms with Crippen LogP contribution in [0.2, 0.25) is 10.0 Å². The van der Waals surface area contributed by atoms with Gasteiger partial charge in [-0.05, 0) is 35.7 Å². The summed E-state index contributed by atoms with van der Waals surface area (Å²) in [6, 6.07) is 15.4. The molecule has 1 N–H and O–H groups in total. The van der Waals surface area contributed by atoms with Gasteiger partial charge in [0.25, 0.3) is 0 Å². The maximum Gasteiger partial charge on any atom is 0.231 e. The van der Waals surface area contributed by atoms with Crippen LogP contribution in [-0.2, 0) is 17.8 Å². The molecule has 126 valence electrons. The van der Waals surface area contributed by atoms with Crippen molar-refractivity contribution in [2.24, 2.45) is 5.41 Å². The molecule has 0 radical (unpaired) electrons. The van der Waals surface area contributed by atoms with Crippen LogP contribution in [-0.4, -0.2) is 30.9 Å². The van der Waals surface area contributed by atoms with Gasteiger partial charge in [0.2, 0.25) is 5.91 Å². The van der Waals surface area contributed by atoms with E-state index in [1.54, 1.807) is 4.90 Å². The molecule has 1 amide bonds. The molecule has 24 heavy (non-hydrogen) atoms. The Hall–Kier alpha value is -1.55. The summed E-state index contributed by atoms with van der Waals surface area (Å²) in [5.74, 6) is 0.149. The van der Waals surface area contributed by atoms with E-state index in [-0.39, 0.29) is 11.3 Å². The highest BCUT2D eigenvalue weighted by atomic mass is 35.5. The zero-order valence-electron chi connectivity index (χ0n) is 13.6. The molecule has 1 saturated heterocycles. The van der Waals surface area contributed by atoms with E-state index in [0.717, 1.165) is 11.1 Å². The van der Waals surface area contributed by atoms with Crippen molar-refractivity contribution in [3.63, 3.8) is 0 Å². The second-order valence-corrected chi connectivity index (χ2v) is 7.28. The average Bonchev–Trinajstić information content (AvgIpc) is 2.54. The number of carbonyl (C=O) groups excluding carboxylic acids is 1. The minimum absolute atomic E-state index is 0.149. The van der Waals surface area contributed by atoms with Crippen molar-refractivity contribution in [1.29, 1.82) is 0 Å². The average molecular weight is 363 g/mol. The van der Waals surface area contributed by atoms with Crippen LogP contribution in [0.5, 0.6) is 0 Å². The van der Waals surface area contributed by atoms with Crippen molar-refractivity contribution >= 4 is 29.1 Å². The van der Waals surface area contributed by atoms with Crippen LogP contribution in [0, 0.1) is 5.41 Å². The third-order valence-corrected chi connectivity index (χ3v) is 5.17. The number of nitrogens with one attached hydrogen (secondary N) is 1. The van der Waals surface area contributed by atoms with Gasteiger partial charge in [-0.1, -0.05) is 53.5 Å². The first-order chi connectivity index (χ1) is 11.5. The number of hydrogen-bond acceptors (Lipinski definition) is 2. The van der Waals surface area contributed by atoms with E-state index in [9.17, 15) is 4.79 Å². The van der Waals surface area contributed by atoms with E-state index in [2.05, 4.69) is 5.32 Å². The lowest BCUT2D eigenvalue weighted by atomic mass is 9.75. The highest BCUT2D eigenvalue weighted by molar-refractivity contribution is 6.31. The fourth-order valence-electron chi connectivity index (χ4n) is 3.13. The fraction of sp³-hybridized carbons (Fsp3) is 0.316. The summed E-state index contributed by atoms with van der Waals surface area (Å²) in [6.07, 6.45) is 0.711. The smallest absolute Gasteiger partial charge is 0.231 e. The Kier molecular flexibility index (Phi) is 5.14. The Morgan fingerprint density at radius 2 is 1.79 bits per heavy atom. The molecule has 3 nitrogen and oxygen atoms in total. The van der Waals surface area contributed by atoms with Gasteiger partial charge in [-0.15, -0.1) is 0 Å². The van der Waals surface area contributed by atoms with Gasteiger partial charge < -0.3 is 10.2 Å². The zero-order valence-corrected chi connectivity index (χ0v) is 15.1. The SMILES string of the molecule is CN(Cc1ccccc1Cl)C(=O)C1(Cc2ccc(Cl)cc2)CNC1. The fourth-order valence-corrected chi connectivity index (χ4v) is 3.45. The van der Waals surface area contributed by atoms with E-state index in [4.69, 9.17) is 23.2 Å². The molecular weight excluding hydrogens is 343 g/mol. The van der Waals surface area contributed by atoms with Gasteiger partial charge in [-0.25, -0.2) is 0 Å². The minimum Gasteiger partial charge on any atom is -0.341 e. The predicted molar refractivity (Wildman–Crippen MR) is 98.4 cm³/mol. The number of hydrogen-bond donors (Lipinski definition) is 1. The molecule has 3 rings (SSSR count). The summed E-state index contributed by atoms with van der Waals surface area (Å²) in [5.41, 5.74) is 1.70. The molecule has 0 saturated carbocycles. The second-order valence-electron chi connectivity index (χ2n) is 6.44. The van der Waals surface area contributed by atoms with Crippen molar-refractivity contribution in [2.45, 2.75) is 13.0 Å². The molecule has 2 aromatic rings. The molecule has 0 aliphatic carbocycles. The summed E-state index contributed by atoms with van der Waals surface area (Å²) in [5, 5.41) is 4.65. The van der Waals surface area contributed by atoms with Gasteiger partial charge in [0.15, 0.2) is 0 Å². The van der Waals surface area contributed by atoms with Crippen molar-refractivity contribution < 1.29 is 4.79 Å². The first-order valence-electron chi connectivity index (χ1n) is 7.94. The lowest BCUT2D eigenvalue weighted by Gasteiger charge is -2.43. The molecule has 1 aliphatic heterocycles. The molecule has 1 fully saturated rings. The summed E-state index contributed by atoms with van der Waals surface area (Å²) in [6.45, 7) is 1.91. The molecule has 0 spiro atoms. The van der Waals surface area contributed by atoms with Gasteiger partial charge in [-0.2, -0.15) is 0 Å². The van der Waals surface area contributed by atoms with Gasteiger partial charge in [0, 0.05) is 36.7 Å². The van der Waals surface area contributed by atoms with Crippen LogP contribution in [0.1, 0.15) is 11.1 Å². The van der Waals surface area contributed by atoms with Crippen LogP contribution in [0.4, 0.5) is 0 Å². The number of carbonyl (C=O) groups is 1. The monoisotopic (exact) mass is 362 g/mol. The second kappa shape index (κ2) is 7.14. The Bertz CT molecular complexity index is 726. The quantitative estimate of drug-likeness (QED) is 0.877. The molecule has 2 aromatic carbocycles. The van der Waals surface area contributed by atoms with Gasteiger partial charge in [-0.3, -0.25) is 4.79 Å². The largest absolute Gasteiger partial charge is 0.341 e. The van der Waals surface area contributed by atoms with Crippen molar-refractivity contribution in [3.8, 4) is 0 Å². The third-order valence-electron chi connectivity index (χ3n) is 4.55. The molecule has 0 aromatic heterocycles. The van der Waals surface area contributed by atoms with Crippen molar-refractivity contribution in [1.82, 2.24) is 10.2 Å². The Labute approximate surface area is 152 Å². The van der Waals surface area contributed by atoms with Crippen LogP contribution in [0.3, 0.4) is 0 Å². The standard InChI is InChI=1S/C19H20Cl2N2O/c1-23(11-15-4-2-3-5-17(15)21)18(24)19(12-22-13-19)10-14-6-8-16(20)9-7-14/h2-9,22H,10-13H2,1H3. The third kappa shape index (κ3) is 3.59. The number of halogens is 2. The van der Waals surface area contributed by atoms with E-state index in [0.29, 0.717) is 36.1 Å². The molecule has 1 aliphatic rings. The summed E-state index contributed by atoms with van der Waals surface area (Å²) in [7, 11) is 1.84. The molecular formula is C19H20Cl2N2O. The van der Waals surface area contributed by atoms with Gasteiger partial charge >= 0.3 is 0 Å². The predicted octanol–water partition coefficient (Wildman–Crippen LogP) is 3.78. The Morgan fingerprint density at radius 1 is 1.12 bits per heavy atom. The van der Waals surface area contributed by atoms with Crippen LogP contribution in [0.15, 0.2) is 48.5 Å². The molecule has 5 heteroatoms. The maximum atomic E-state index is 13.1. The molecule has 1 heterocycles. The number of rotatable bonds is 5. The Morgan fingerprint density at radius 3 is 2.38 bits per heavy atom. The first kappa shape index (κ1) is 17.3. The van der Waals surface area contributed by atoms with E-state index in [1.807, 2.05) is 55.6 Å². The van der Waals surface area contributed by atoms with Gasteiger partial charge in [0.1, 0.15) is 0 Å². The van der Waals surface area contributed by atoms with Crippen LogP contribution in [0.25, 0.3) is 0 Å². The van der Waals surface area contributed by atoms with Crippen molar-refractivity contribution in [3.05, 3.63) is 69.7 Å². The number of nitrogens with zero attached hydrogens (tertiary/aromatic N) is 1. The highest BCUT2D eigenvalue weighted by Gasteiger charge is 2.45. The van der Waals surface area contributed by atoms with E-state index in [1.165, 1.54) is 0 Å². The lowest BCUT2D eigenvalue weighted by Crippen LogP contribution is -2.62. The summed E-state index contributed by atoms with van der Waals surface area (Å²) >= 11 is 12.2. The summed E-state index contributed by atoms with van der Waals surface area (Å²) in [4.78, 5) is 14.8. The topological polar surface area (TPSA) is 32.3 Å². The van der Waals surface area contributed by atoms with Crippen LogP contribution < -0.4 is 5.32 Å². The van der Waals surface area contributed by atoms with Crippen LogP contribution >= 0.6 is 23.2 Å². The molecule has 0 unspecified atom stereocenters. The minimum atomic E-state index is -0.385. The lowest BCUT2D eigenvalue weighted by molar-refractivity contribution is -0.144. The van der Waals surface area contributed by atoms with Crippen molar-refractivity contribution in [2.75, 3.05) is 20.1 Å². The number of amides is 1. The number of benzene rings is 2.